The van der Waals surface area contributed by atoms with E-state index in [4.69, 9.17) is 24.7 Å². The lowest BCUT2D eigenvalue weighted by atomic mass is 9.58. The molecule has 2 N–H and O–H groups in total. The number of hydrogen-bond donors (Lipinski definition) is 1. The van der Waals surface area contributed by atoms with E-state index in [0.29, 0.717) is 28.4 Å². The van der Waals surface area contributed by atoms with Gasteiger partial charge in [0.1, 0.15) is 12.7 Å². The Balaban J connectivity index is 1.82. The van der Waals surface area contributed by atoms with E-state index in [1.807, 2.05) is 30.3 Å². The molecule has 0 spiro atoms. The van der Waals surface area contributed by atoms with Gasteiger partial charge in [-0.15, -0.1) is 0 Å². The van der Waals surface area contributed by atoms with Crippen molar-refractivity contribution in [3.8, 4) is 35.5 Å². The zero-order valence-corrected chi connectivity index (χ0v) is 21.8. The first-order valence-electron chi connectivity index (χ1n) is 12.1. The molecule has 1 aliphatic carbocycles. The van der Waals surface area contributed by atoms with Crippen LogP contribution in [0.1, 0.15) is 17.0 Å². The molecule has 0 saturated carbocycles. The van der Waals surface area contributed by atoms with E-state index in [0.717, 1.165) is 5.56 Å². The SMILES string of the molecule is COc1cc([C@@H]2[C@@H]3CN(C(=O)OCc4ccccc4)CC=C3C(C#N)=C(N)C2(C#N)C#N)cc(OC)c1OC. The van der Waals surface area contributed by atoms with Crippen LogP contribution in [0.3, 0.4) is 0 Å². The number of rotatable bonds is 6. The van der Waals surface area contributed by atoms with Gasteiger partial charge in [-0.25, -0.2) is 4.79 Å². The smallest absolute Gasteiger partial charge is 0.410 e. The predicted molar refractivity (Wildman–Crippen MR) is 139 cm³/mol. The van der Waals surface area contributed by atoms with Crippen molar-refractivity contribution in [2.75, 3.05) is 34.4 Å². The Morgan fingerprint density at radius 3 is 2.23 bits per heavy atom. The second kappa shape index (κ2) is 11.1. The third-order valence-corrected chi connectivity index (χ3v) is 7.17. The molecule has 2 aromatic carbocycles. The summed E-state index contributed by atoms with van der Waals surface area (Å²) in [6, 6.07) is 18.9. The molecule has 1 heterocycles. The van der Waals surface area contributed by atoms with E-state index in [1.165, 1.54) is 26.2 Å². The van der Waals surface area contributed by atoms with Crippen molar-refractivity contribution in [3.63, 3.8) is 0 Å². The average Bonchev–Trinajstić information content (AvgIpc) is 2.98. The van der Waals surface area contributed by atoms with Gasteiger partial charge >= 0.3 is 6.09 Å². The number of benzene rings is 2. The summed E-state index contributed by atoms with van der Waals surface area (Å²) in [5.74, 6) is -0.524. The van der Waals surface area contributed by atoms with Crippen LogP contribution in [0.2, 0.25) is 0 Å². The minimum Gasteiger partial charge on any atom is -0.493 e. The summed E-state index contributed by atoms with van der Waals surface area (Å²) >= 11 is 0. The van der Waals surface area contributed by atoms with Crippen LogP contribution >= 0.6 is 0 Å². The van der Waals surface area contributed by atoms with E-state index >= 15 is 0 Å². The van der Waals surface area contributed by atoms with E-state index in [2.05, 4.69) is 18.2 Å². The Morgan fingerprint density at radius 1 is 1.05 bits per heavy atom. The molecule has 2 atom stereocenters. The van der Waals surface area contributed by atoms with Gasteiger partial charge in [0.15, 0.2) is 16.9 Å². The van der Waals surface area contributed by atoms with E-state index in [1.54, 1.807) is 18.2 Å². The van der Waals surface area contributed by atoms with Gasteiger partial charge in [0, 0.05) is 24.9 Å². The molecule has 0 radical (unpaired) electrons. The van der Waals surface area contributed by atoms with Crippen molar-refractivity contribution in [1.82, 2.24) is 4.90 Å². The Bertz CT molecular complexity index is 1420. The third kappa shape index (κ3) is 4.56. The fourth-order valence-electron chi connectivity index (χ4n) is 5.30. The maximum absolute atomic E-state index is 13.1. The van der Waals surface area contributed by atoms with Crippen LogP contribution in [0.5, 0.6) is 17.2 Å². The summed E-state index contributed by atoms with van der Waals surface area (Å²) < 4.78 is 22.0. The molecule has 4 rings (SSSR count). The normalized spacial score (nSPS) is 19.4. The van der Waals surface area contributed by atoms with Gasteiger partial charge in [-0.2, -0.15) is 15.8 Å². The van der Waals surface area contributed by atoms with Crippen LogP contribution in [0.25, 0.3) is 0 Å². The van der Waals surface area contributed by atoms with Crippen LogP contribution in [0.4, 0.5) is 4.79 Å². The molecular weight excluding hydrogens is 498 g/mol. The molecule has 0 saturated heterocycles. The van der Waals surface area contributed by atoms with E-state index in [-0.39, 0.29) is 31.0 Å². The van der Waals surface area contributed by atoms with Crippen molar-refractivity contribution in [1.29, 1.82) is 15.8 Å². The molecule has 1 amide bonds. The lowest BCUT2D eigenvalue weighted by molar-refractivity contribution is 0.0898. The summed E-state index contributed by atoms with van der Waals surface area (Å²) in [6.45, 7) is 0.348. The number of methoxy groups -OCH3 is 3. The fraction of sp³-hybridized carbons (Fsp3) is 0.310. The number of carbonyl (C=O) groups excluding carboxylic acids is 1. The van der Waals surface area contributed by atoms with Crippen molar-refractivity contribution in [2.45, 2.75) is 12.5 Å². The van der Waals surface area contributed by atoms with Crippen LogP contribution in [-0.4, -0.2) is 45.4 Å². The highest BCUT2D eigenvalue weighted by atomic mass is 16.6. The number of fused-ring (bicyclic) bond motifs is 1. The number of nitrogens with zero attached hydrogens (tertiary/aromatic N) is 4. The van der Waals surface area contributed by atoms with Gasteiger partial charge < -0.3 is 29.6 Å². The molecule has 39 heavy (non-hydrogen) atoms. The Morgan fingerprint density at radius 2 is 1.69 bits per heavy atom. The number of carbonyl (C=O) groups is 1. The lowest BCUT2D eigenvalue weighted by Gasteiger charge is -2.45. The maximum Gasteiger partial charge on any atom is 0.410 e. The summed E-state index contributed by atoms with van der Waals surface area (Å²) in [7, 11) is 4.39. The predicted octanol–water partition coefficient (Wildman–Crippen LogP) is 3.77. The van der Waals surface area contributed by atoms with Crippen molar-refractivity contribution in [3.05, 3.63) is 76.5 Å². The number of amides is 1. The van der Waals surface area contributed by atoms with Crippen LogP contribution in [-0.2, 0) is 11.3 Å². The molecule has 198 valence electrons. The Kier molecular flexibility index (Phi) is 7.65. The first kappa shape index (κ1) is 26.9. The summed E-state index contributed by atoms with van der Waals surface area (Å²) in [4.78, 5) is 14.6. The lowest BCUT2D eigenvalue weighted by Crippen LogP contribution is -2.49. The van der Waals surface area contributed by atoms with Gasteiger partial charge in [-0.05, 0) is 28.8 Å². The van der Waals surface area contributed by atoms with Gasteiger partial charge in [-0.1, -0.05) is 36.4 Å². The van der Waals surface area contributed by atoms with Gasteiger partial charge in [-0.3, -0.25) is 0 Å². The molecule has 2 aliphatic rings. The number of hydrogen-bond acceptors (Lipinski definition) is 9. The number of nitriles is 3. The largest absolute Gasteiger partial charge is 0.493 e. The van der Waals surface area contributed by atoms with Gasteiger partial charge in [0.25, 0.3) is 0 Å². The molecule has 2 aromatic rings. The molecule has 0 aromatic heterocycles. The molecule has 0 unspecified atom stereocenters. The maximum atomic E-state index is 13.1. The molecule has 0 bridgehead atoms. The standard InChI is InChI=1S/C29H27N5O5/c1-36-23-11-19(12-24(37-2)26(23)38-3)25-22-14-34(28(35)39-15-18-7-5-4-6-8-18)10-9-20(22)21(13-30)27(33)29(25,16-31)17-32/h4-9,11-12,22,25H,10,14-15,33H2,1-3H3/t22-,25-/m1/s1. The zero-order valence-electron chi connectivity index (χ0n) is 21.8. The van der Waals surface area contributed by atoms with Crippen molar-refractivity contribution in [2.24, 2.45) is 17.1 Å². The molecule has 0 fully saturated rings. The fourth-order valence-corrected chi connectivity index (χ4v) is 5.30. The highest BCUT2D eigenvalue weighted by Gasteiger charge is 2.55. The van der Waals surface area contributed by atoms with Crippen LogP contribution < -0.4 is 19.9 Å². The van der Waals surface area contributed by atoms with E-state index in [9.17, 15) is 20.6 Å². The minimum absolute atomic E-state index is 0.0732. The van der Waals surface area contributed by atoms with Crippen LogP contribution in [0, 0.1) is 45.3 Å². The Hall–Kier alpha value is -5.14. The first-order valence-corrected chi connectivity index (χ1v) is 12.1. The van der Waals surface area contributed by atoms with Gasteiger partial charge in [0.05, 0.1) is 44.7 Å². The molecule has 10 heteroatoms. The van der Waals surface area contributed by atoms with Crippen molar-refractivity contribution >= 4 is 6.09 Å². The minimum atomic E-state index is -1.91. The van der Waals surface area contributed by atoms with Crippen molar-refractivity contribution < 1.29 is 23.7 Å². The topological polar surface area (TPSA) is 155 Å². The first-order chi connectivity index (χ1) is 18.9. The van der Waals surface area contributed by atoms with Crippen LogP contribution in [0.15, 0.2) is 65.4 Å². The number of ether oxygens (including phenoxy) is 4. The van der Waals surface area contributed by atoms with E-state index < -0.39 is 23.3 Å². The zero-order chi connectivity index (χ0) is 28.2. The second-order valence-electron chi connectivity index (χ2n) is 9.08. The summed E-state index contributed by atoms with van der Waals surface area (Å²) in [6.07, 6.45) is 1.17. The quantitative estimate of drug-likeness (QED) is 0.593. The monoisotopic (exact) mass is 525 g/mol. The summed E-state index contributed by atoms with van der Waals surface area (Å²) in [5.41, 5.74) is 6.35. The third-order valence-electron chi connectivity index (χ3n) is 7.17. The molecule has 1 aliphatic heterocycles. The molecule has 10 nitrogen and oxygen atoms in total. The average molecular weight is 526 g/mol. The highest BCUT2D eigenvalue weighted by molar-refractivity contribution is 5.70. The number of nitrogens with two attached hydrogens (primary N) is 1. The number of allylic oxidation sites excluding steroid dienone is 2. The second-order valence-corrected chi connectivity index (χ2v) is 9.08. The Labute approximate surface area is 226 Å². The summed E-state index contributed by atoms with van der Waals surface area (Å²) in [5, 5.41) is 30.7. The van der Waals surface area contributed by atoms with Gasteiger partial charge in [0.2, 0.25) is 5.75 Å². The highest BCUT2D eigenvalue weighted by Crippen LogP contribution is 2.56. The molecular formula is C29H27N5O5.